The van der Waals surface area contributed by atoms with Crippen LogP contribution in [0.3, 0.4) is 0 Å². The van der Waals surface area contributed by atoms with Gasteiger partial charge in [0.25, 0.3) is 0 Å². The van der Waals surface area contributed by atoms with Gasteiger partial charge < -0.3 is 10.7 Å². The summed E-state index contributed by atoms with van der Waals surface area (Å²) in [5.74, 6) is 0. The molecule has 0 aliphatic heterocycles. The number of hydrogen-bond acceptors (Lipinski definition) is 2. The first-order chi connectivity index (χ1) is 4.77. The van der Waals surface area contributed by atoms with Gasteiger partial charge in [-0.25, -0.2) is 0 Å². The minimum atomic E-state index is 0.706. The van der Waals surface area contributed by atoms with Gasteiger partial charge in [-0.2, -0.15) is 0 Å². The number of unbranched alkanes of at least 4 members (excludes halogenated alkanes) is 1. The van der Waals surface area contributed by atoms with Gasteiger partial charge in [0.2, 0.25) is 6.41 Å². The van der Waals surface area contributed by atoms with E-state index in [1.54, 1.807) is 6.92 Å². The minimum Gasteiger partial charge on any atom is -0.359 e. The summed E-state index contributed by atoms with van der Waals surface area (Å²) < 4.78 is 0. The fourth-order valence-corrected chi connectivity index (χ4v) is 0.676. The molecule has 0 rings (SSSR count). The zero-order chi connectivity index (χ0) is 7.82. The summed E-state index contributed by atoms with van der Waals surface area (Å²) in [6, 6.07) is 0. The summed E-state index contributed by atoms with van der Waals surface area (Å²) in [6.07, 6.45) is 3.52. The Hall–Kier alpha value is -0.860. The van der Waals surface area contributed by atoms with Crippen LogP contribution in [0.5, 0.6) is 0 Å². The van der Waals surface area contributed by atoms with Crippen molar-refractivity contribution in [1.29, 1.82) is 5.41 Å². The zero-order valence-corrected chi connectivity index (χ0v) is 6.31. The molecule has 0 aromatic heterocycles. The van der Waals surface area contributed by atoms with E-state index in [-0.39, 0.29) is 0 Å². The maximum Gasteiger partial charge on any atom is 0.207 e. The van der Waals surface area contributed by atoms with Crippen molar-refractivity contribution in [3.8, 4) is 0 Å². The molecule has 0 bridgehead atoms. The van der Waals surface area contributed by atoms with Crippen molar-refractivity contribution in [1.82, 2.24) is 5.32 Å². The first-order valence-corrected chi connectivity index (χ1v) is 3.48. The van der Waals surface area contributed by atoms with Crippen molar-refractivity contribution in [2.45, 2.75) is 26.2 Å². The third-order valence-corrected chi connectivity index (χ3v) is 1.21. The molecule has 2 N–H and O–H groups in total. The van der Waals surface area contributed by atoms with Crippen LogP contribution in [-0.4, -0.2) is 18.7 Å². The summed E-state index contributed by atoms with van der Waals surface area (Å²) in [4.78, 5) is 9.75. The van der Waals surface area contributed by atoms with E-state index in [2.05, 4.69) is 5.32 Å². The molecule has 0 aliphatic rings. The van der Waals surface area contributed by atoms with Crippen molar-refractivity contribution in [2.24, 2.45) is 0 Å². The van der Waals surface area contributed by atoms with Crippen LogP contribution in [0.2, 0.25) is 0 Å². The Kier molecular flexibility index (Phi) is 5.72. The predicted molar refractivity (Wildman–Crippen MR) is 41.3 cm³/mol. The molecule has 0 heterocycles. The average Bonchev–Trinajstić information content (AvgIpc) is 1.87. The van der Waals surface area contributed by atoms with Crippen LogP contribution < -0.4 is 5.32 Å². The largest absolute Gasteiger partial charge is 0.359 e. The average molecular weight is 142 g/mol. The lowest BCUT2D eigenvalue weighted by Crippen LogP contribution is -2.11. The van der Waals surface area contributed by atoms with Crippen LogP contribution in [0, 0.1) is 5.41 Å². The van der Waals surface area contributed by atoms with E-state index >= 15 is 0 Å². The van der Waals surface area contributed by atoms with Crippen LogP contribution >= 0.6 is 0 Å². The van der Waals surface area contributed by atoms with Crippen LogP contribution in [0.4, 0.5) is 0 Å². The summed E-state index contributed by atoms with van der Waals surface area (Å²) >= 11 is 0. The highest BCUT2D eigenvalue weighted by Gasteiger charge is 1.88. The first kappa shape index (κ1) is 9.14. The van der Waals surface area contributed by atoms with E-state index in [0.29, 0.717) is 12.1 Å². The van der Waals surface area contributed by atoms with Gasteiger partial charge >= 0.3 is 0 Å². The molecule has 0 unspecified atom stereocenters. The second-order valence-electron chi connectivity index (χ2n) is 2.31. The quantitative estimate of drug-likeness (QED) is 0.324. The molecule has 0 spiro atoms. The Morgan fingerprint density at radius 1 is 1.60 bits per heavy atom. The Balaban J connectivity index is 2.90. The van der Waals surface area contributed by atoms with Crippen molar-refractivity contribution in [3.05, 3.63) is 0 Å². The van der Waals surface area contributed by atoms with Crippen molar-refractivity contribution >= 4 is 12.1 Å². The lowest BCUT2D eigenvalue weighted by atomic mass is 10.2. The second kappa shape index (κ2) is 6.26. The van der Waals surface area contributed by atoms with E-state index in [4.69, 9.17) is 5.41 Å². The van der Waals surface area contributed by atoms with Crippen LogP contribution in [0.25, 0.3) is 0 Å². The highest BCUT2D eigenvalue weighted by atomic mass is 16.1. The van der Waals surface area contributed by atoms with Gasteiger partial charge in [-0.15, -0.1) is 0 Å². The topological polar surface area (TPSA) is 53.0 Å². The molecule has 10 heavy (non-hydrogen) atoms. The smallest absolute Gasteiger partial charge is 0.207 e. The molecule has 0 aliphatic carbocycles. The van der Waals surface area contributed by atoms with Crippen molar-refractivity contribution < 1.29 is 4.79 Å². The summed E-state index contributed by atoms with van der Waals surface area (Å²) in [7, 11) is 0. The SMILES string of the molecule is CC(=N)CCCCNC=O. The molecule has 0 radical (unpaired) electrons. The van der Waals surface area contributed by atoms with Gasteiger partial charge in [0, 0.05) is 12.3 Å². The van der Waals surface area contributed by atoms with Crippen LogP contribution in [0.1, 0.15) is 26.2 Å². The van der Waals surface area contributed by atoms with Crippen LogP contribution in [0.15, 0.2) is 0 Å². The summed E-state index contributed by atoms with van der Waals surface area (Å²) in [5.41, 5.74) is 0.714. The molecule has 1 amide bonds. The molecule has 58 valence electrons. The zero-order valence-electron chi connectivity index (χ0n) is 6.31. The number of nitrogens with one attached hydrogen (secondary N) is 2. The highest BCUT2D eigenvalue weighted by molar-refractivity contribution is 5.78. The molecular weight excluding hydrogens is 128 g/mol. The van der Waals surface area contributed by atoms with Gasteiger partial charge in [0.15, 0.2) is 0 Å². The molecular formula is C7H14N2O. The normalized spacial score (nSPS) is 8.90. The summed E-state index contributed by atoms with van der Waals surface area (Å²) in [6.45, 7) is 2.53. The third-order valence-electron chi connectivity index (χ3n) is 1.21. The van der Waals surface area contributed by atoms with Gasteiger partial charge in [-0.05, 0) is 26.2 Å². The van der Waals surface area contributed by atoms with Crippen molar-refractivity contribution in [2.75, 3.05) is 6.54 Å². The number of carbonyl (C=O) groups is 1. The Bertz CT molecular complexity index is 112. The maximum absolute atomic E-state index is 9.75. The number of rotatable bonds is 6. The molecule has 0 atom stereocenters. The van der Waals surface area contributed by atoms with Gasteiger partial charge in [0.1, 0.15) is 0 Å². The lowest BCUT2D eigenvalue weighted by Gasteiger charge is -1.97. The van der Waals surface area contributed by atoms with E-state index in [1.165, 1.54) is 0 Å². The Morgan fingerprint density at radius 3 is 2.80 bits per heavy atom. The standard InChI is InChI=1S/C7H14N2O/c1-7(8)4-2-3-5-9-6-10/h6,8H,2-5H2,1H3,(H,9,10). The van der Waals surface area contributed by atoms with Gasteiger partial charge in [0.05, 0.1) is 0 Å². The number of amides is 1. The monoisotopic (exact) mass is 142 g/mol. The van der Waals surface area contributed by atoms with E-state index in [9.17, 15) is 4.79 Å². The van der Waals surface area contributed by atoms with Gasteiger partial charge in [-0.1, -0.05) is 0 Å². The minimum absolute atomic E-state index is 0.706. The molecule has 3 heteroatoms. The second-order valence-corrected chi connectivity index (χ2v) is 2.31. The van der Waals surface area contributed by atoms with E-state index in [0.717, 1.165) is 25.8 Å². The van der Waals surface area contributed by atoms with E-state index < -0.39 is 0 Å². The Labute approximate surface area is 61.3 Å². The lowest BCUT2D eigenvalue weighted by molar-refractivity contribution is -0.109. The maximum atomic E-state index is 9.75. The fourth-order valence-electron chi connectivity index (χ4n) is 0.676. The molecule has 0 aromatic rings. The fraction of sp³-hybridized carbons (Fsp3) is 0.714. The molecule has 0 aromatic carbocycles. The molecule has 0 fully saturated rings. The number of carbonyl (C=O) groups excluding carboxylic acids is 1. The first-order valence-electron chi connectivity index (χ1n) is 3.48. The predicted octanol–water partition coefficient (Wildman–Crippen LogP) is 0.942. The van der Waals surface area contributed by atoms with Crippen LogP contribution in [-0.2, 0) is 4.79 Å². The third kappa shape index (κ3) is 7.14. The molecule has 0 saturated heterocycles. The molecule has 0 saturated carbocycles. The molecule has 3 nitrogen and oxygen atoms in total. The van der Waals surface area contributed by atoms with Gasteiger partial charge in [-0.3, -0.25) is 4.79 Å². The number of hydrogen-bond donors (Lipinski definition) is 2. The summed E-state index contributed by atoms with van der Waals surface area (Å²) in [5, 5.41) is 9.66. The Morgan fingerprint density at radius 2 is 2.30 bits per heavy atom. The highest BCUT2D eigenvalue weighted by Crippen LogP contribution is 1.93. The van der Waals surface area contributed by atoms with E-state index in [1.807, 2.05) is 0 Å². The van der Waals surface area contributed by atoms with Crippen molar-refractivity contribution in [3.63, 3.8) is 0 Å².